The lowest BCUT2D eigenvalue weighted by molar-refractivity contribution is -0.102. The minimum Gasteiger partial charge on any atom is -0.297 e. The van der Waals surface area contributed by atoms with Gasteiger partial charge in [-0.2, -0.15) is 10.2 Å². The summed E-state index contributed by atoms with van der Waals surface area (Å²) in [5.74, 6) is 0. The standard InChI is InChI=1S/C5H6N2O/c1-2-3-6-7-4-5-8/h2-5H,1H2. The summed E-state index contributed by atoms with van der Waals surface area (Å²) in [6, 6.07) is 0. The summed E-state index contributed by atoms with van der Waals surface area (Å²) in [4.78, 5) is 9.52. The monoisotopic (exact) mass is 110 g/mol. The molecule has 0 N–H and O–H groups in total. The number of aldehydes is 1. The van der Waals surface area contributed by atoms with Gasteiger partial charge in [0.15, 0.2) is 6.29 Å². The lowest BCUT2D eigenvalue weighted by Crippen LogP contribution is -1.68. The predicted molar refractivity (Wildman–Crippen MR) is 33.2 cm³/mol. The van der Waals surface area contributed by atoms with Crippen molar-refractivity contribution in [1.82, 2.24) is 0 Å². The highest BCUT2D eigenvalue weighted by Gasteiger charge is 1.58. The highest BCUT2D eigenvalue weighted by atomic mass is 16.1. The molecule has 0 saturated heterocycles. The molecule has 0 aromatic heterocycles. The van der Waals surface area contributed by atoms with Crippen molar-refractivity contribution in [3.8, 4) is 0 Å². The molecule has 0 radical (unpaired) electrons. The maximum absolute atomic E-state index is 9.52. The first-order chi connectivity index (χ1) is 3.91. The summed E-state index contributed by atoms with van der Waals surface area (Å²) in [5.41, 5.74) is 0. The van der Waals surface area contributed by atoms with Gasteiger partial charge in [0.05, 0.1) is 6.21 Å². The van der Waals surface area contributed by atoms with Gasteiger partial charge >= 0.3 is 0 Å². The molecule has 0 heterocycles. The summed E-state index contributed by atoms with van der Waals surface area (Å²) < 4.78 is 0. The molecule has 0 aliphatic carbocycles. The van der Waals surface area contributed by atoms with Crippen LogP contribution in [0.15, 0.2) is 22.9 Å². The Balaban J connectivity index is 3.41. The summed E-state index contributed by atoms with van der Waals surface area (Å²) in [5, 5.41) is 6.66. The van der Waals surface area contributed by atoms with Crippen LogP contribution in [0.4, 0.5) is 0 Å². The van der Waals surface area contributed by atoms with E-state index in [1.165, 1.54) is 12.3 Å². The molecule has 0 atom stereocenters. The van der Waals surface area contributed by atoms with E-state index < -0.39 is 0 Å². The molecule has 0 aromatic rings. The zero-order valence-corrected chi connectivity index (χ0v) is 4.32. The molecular formula is C5H6N2O. The Bertz CT molecular complexity index is 110. The number of nitrogens with zero attached hydrogens (tertiary/aromatic N) is 2. The van der Waals surface area contributed by atoms with E-state index >= 15 is 0 Å². The zero-order chi connectivity index (χ0) is 6.24. The topological polar surface area (TPSA) is 41.8 Å². The molecule has 0 aliphatic heterocycles. The third-order valence-electron chi connectivity index (χ3n) is 0.366. The molecule has 0 rings (SSSR count). The Morgan fingerprint density at radius 3 is 2.38 bits per heavy atom. The number of carbonyl (C=O) groups excluding carboxylic acids is 1. The summed E-state index contributed by atoms with van der Waals surface area (Å²) in [7, 11) is 0. The van der Waals surface area contributed by atoms with Crippen molar-refractivity contribution in [3.63, 3.8) is 0 Å². The first-order valence-electron chi connectivity index (χ1n) is 2.03. The van der Waals surface area contributed by atoms with Crippen LogP contribution < -0.4 is 0 Å². The lowest BCUT2D eigenvalue weighted by Gasteiger charge is -1.66. The number of hydrogen-bond acceptors (Lipinski definition) is 3. The molecule has 42 valence electrons. The Labute approximate surface area is 47.4 Å². The van der Waals surface area contributed by atoms with Crippen LogP contribution in [0.25, 0.3) is 0 Å². The molecule has 0 amide bonds. The van der Waals surface area contributed by atoms with E-state index in [0.29, 0.717) is 6.29 Å². The maximum Gasteiger partial charge on any atom is 0.162 e. The van der Waals surface area contributed by atoms with Gasteiger partial charge in [-0.25, -0.2) is 0 Å². The van der Waals surface area contributed by atoms with Crippen LogP contribution in [0, 0.1) is 0 Å². The number of hydrogen-bond donors (Lipinski definition) is 0. The minimum absolute atomic E-state index is 0.556. The molecule has 0 saturated carbocycles. The quantitative estimate of drug-likeness (QED) is 0.295. The van der Waals surface area contributed by atoms with Gasteiger partial charge in [-0.05, 0) is 6.08 Å². The number of carbonyl (C=O) groups is 1. The fraction of sp³-hybridized carbons (Fsp3) is 0. The van der Waals surface area contributed by atoms with Crippen molar-refractivity contribution in [1.29, 1.82) is 0 Å². The normalized spacial score (nSPS) is 10.5. The Kier molecular flexibility index (Phi) is 4.85. The molecule has 0 spiro atoms. The second-order valence-electron chi connectivity index (χ2n) is 0.901. The Morgan fingerprint density at radius 1 is 1.25 bits per heavy atom. The third-order valence-corrected chi connectivity index (χ3v) is 0.366. The van der Waals surface area contributed by atoms with Gasteiger partial charge in [0, 0.05) is 6.21 Å². The molecule has 0 aliphatic rings. The van der Waals surface area contributed by atoms with Crippen LogP contribution >= 0.6 is 0 Å². The smallest absolute Gasteiger partial charge is 0.162 e. The van der Waals surface area contributed by atoms with Gasteiger partial charge in [0.25, 0.3) is 0 Å². The van der Waals surface area contributed by atoms with Crippen molar-refractivity contribution in [2.24, 2.45) is 10.2 Å². The van der Waals surface area contributed by atoms with Crippen molar-refractivity contribution in [2.75, 3.05) is 0 Å². The molecule has 3 nitrogen and oxygen atoms in total. The fourth-order valence-corrected chi connectivity index (χ4v) is 0.151. The van der Waals surface area contributed by atoms with Crippen LogP contribution in [0.3, 0.4) is 0 Å². The van der Waals surface area contributed by atoms with Crippen LogP contribution in [0.1, 0.15) is 0 Å². The van der Waals surface area contributed by atoms with Gasteiger partial charge in [-0.3, -0.25) is 4.79 Å². The number of allylic oxidation sites excluding steroid dienone is 1. The van der Waals surface area contributed by atoms with Gasteiger partial charge in [-0.1, -0.05) is 6.58 Å². The van der Waals surface area contributed by atoms with E-state index in [9.17, 15) is 4.79 Å². The maximum atomic E-state index is 9.52. The average molecular weight is 110 g/mol. The zero-order valence-electron chi connectivity index (χ0n) is 4.32. The Hall–Kier alpha value is -1.25. The van der Waals surface area contributed by atoms with Gasteiger partial charge in [0.2, 0.25) is 0 Å². The van der Waals surface area contributed by atoms with Gasteiger partial charge < -0.3 is 0 Å². The van der Waals surface area contributed by atoms with E-state index in [2.05, 4.69) is 16.8 Å². The average Bonchev–Trinajstić information content (AvgIpc) is 1.81. The van der Waals surface area contributed by atoms with Crippen LogP contribution in [-0.4, -0.2) is 18.7 Å². The predicted octanol–water partition coefficient (Wildman–Crippen LogP) is 0.428. The van der Waals surface area contributed by atoms with E-state index in [0.717, 1.165) is 6.21 Å². The molecule has 3 heteroatoms. The Morgan fingerprint density at radius 2 is 1.88 bits per heavy atom. The summed E-state index contributed by atoms with van der Waals surface area (Å²) in [6.45, 7) is 3.35. The van der Waals surface area contributed by atoms with Crippen LogP contribution in [0.2, 0.25) is 0 Å². The molecule has 0 unspecified atom stereocenters. The first kappa shape index (κ1) is 6.75. The van der Waals surface area contributed by atoms with Crippen molar-refractivity contribution < 1.29 is 4.79 Å². The lowest BCUT2D eigenvalue weighted by atomic mass is 10.7. The second-order valence-corrected chi connectivity index (χ2v) is 0.901. The molecule has 0 bridgehead atoms. The minimum atomic E-state index is 0.556. The third kappa shape index (κ3) is 4.75. The van der Waals surface area contributed by atoms with Crippen LogP contribution in [0.5, 0.6) is 0 Å². The van der Waals surface area contributed by atoms with E-state index in [-0.39, 0.29) is 0 Å². The molecule has 0 aromatic carbocycles. The second kappa shape index (κ2) is 5.75. The highest BCUT2D eigenvalue weighted by molar-refractivity contribution is 6.12. The van der Waals surface area contributed by atoms with Crippen molar-refractivity contribution >= 4 is 18.7 Å². The van der Waals surface area contributed by atoms with E-state index in [4.69, 9.17) is 0 Å². The fourth-order valence-electron chi connectivity index (χ4n) is 0.151. The first-order valence-corrected chi connectivity index (χ1v) is 2.03. The summed E-state index contributed by atoms with van der Waals surface area (Å²) >= 11 is 0. The molecule has 0 fully saturated rings. The van der Waals surface area contributed by atoms with E-state index in [1.54, 1.807) is 0 Å². The number of rotatable bonds is 3. The highest BCUT2D eigenvalue weighted by Crippen LogP contribution is 1.63. The van der Waals surface area contributed by atoms with Crippen molar-refractivity contribution in [2.45, 2.75) is 0 Å². The van der Waals surface area contributed by atoms with Crippen molar-refractivity contribution in [3.05, 3.63) is 12.7 Å². The largest absolute Gasteiger partial charge is 0.297 e. The van der Waals surface area contributed by atoms with Gasteiger partial charge in [0.1, 0.15) is 0 Å². The van der Waals surface area contributed by atoms with Crippen LogP contribution in [-0.2, 0) is 4.79 Å². The van der Waals surface area contributed by atoms with E-state index in [1.807, 2.05) is 0 Å². The van der Waals surface area contributed by atoms with Gasteiger partial charge in [-0.15, -0.1) is 0 Å². The summed E-state index contributed by atoms with van der Waals surface area (Å²) in [6.07, 6.45) is 4.47. The SMILES string of the molecule is C=CC=NN=CC=O. The molecule has 8 heavy (non-hydrogen) atoms. The molecular weight excluding hydrogens is 104 g/mol.